The molecule has 0 unspecified atom stereocenters. The minimum Gasteiger partial charge on any atom is -0.451 e. The number of benzene rings is 2. The van der Waals surface area contributed by atoms with E-state index >= 15 is 0 Å². The molecule has 1 fully saturated rings. The summed E-state index contributed by atoms with van der Waals surface area (Å²) in [6.45, 7) is 3.33. The highest BCUT2D eigenvalue weighted by Crippen LogP contribution is 2.26. The van der Waals surface area contributed by atoms with Gasteiger partial charge >= 0.3 is 5.97 Å². The van der Waals surface area contributed by atoms with Crippen molar-refractivity contribution in [3.05, 3.63) is 65.4 Å². The standard InChI is InChI=1S/C23H20N2O5/c1-13-21(17-8-3-4-9-18(17)24-13)22(28)14(2)30-23(29)15-6-5-7-16(12-15)25-19(26)10-11-20(25)27/h3-9,12,14,24H,10-11H2,1-2H3/t14-/m0/s1. The van der Waals surface area contributed by atoms with E-state index in [1.807, 2.05) is 24.3 Å². The van der Waals surface area contributed by atoms with Crippen LogP contribution < -0.4 is 4.90 Å². The molecule has 0 saturated carbocycles. The van der Waals surface area contributed by atoms with Crippen LogP contribution in [0.3, 0.4) is 0 Å². The van der Waals surface area contributed by atoms with Crippen molar-refractivity contribution in [2.75, 3.05) is 4.90 Å². The summed E-state index contributed by atoms with van der Waals surface area (Å²) in [6, 6.07) is 13.5. The van der Waals surface area contributed by atoms with Crippen molar-refractivity contribution in [1.82, 2.24) is 4.98 Å². The number of rotatable bonds is 5. The molecule has 0 aliphatic carbocycles. The first-order chi connectivity index (χ1) is 14.4. The number of imide groups is 1. The molecule has 30 heavy (non-hydrogen) atoms. The number of anilines is 1. The van der Waals surface area contributed by atoms with E-state index in [4.69, 9.17) is 4.74 Å². The second kappa shape index (κ2) is 7.59. The lowest BCUT2D eigenvalue weighted by atomic mass is 10.0. The quantitative estimate of drug-likeness (QED) is 0.398. The molecular weight excluding hydrogens is 384 g/mol. The van der Waals surface area contributed by atoms with Crippen molar-refractivity contribution in [2.45, 2.75) is 32.8 Å². The molecule has 2 aromatic carbocycles. The molecule has 1 aliphatic rings. The number of nitrogens with one attached hydrogen (secondary N) is 1. The zero-order valence-electron chi connectivity index (χ0n) is 16.6. The Morgan fingerprint density at radius 1 is 1.03 bits per heavy atom. The molecular formula is C23H20N2O5. The summed E-state index contributed by atoms with van der Waals surface area (Å²) in [5.41, 5.74) is 2.52. The zero-order chi connectivity index (χ0) is 21.4. The van der Waals surface area contributed by atoms with E-state index in [0.717, 1.165) is 15.8 Å². The fraction of sp³-hybridized carbons (Fsp3) is 0.217. The van der Waals surface area contributed by atoms with Gasteiger partial charge in [0, 0.05) is 35.0 Å². The normalized spacial score (nSPS) is 14.9. The number of ether oxygens (including phenoxy) is 1. The number of aromatic nitrogens is 1. The second-order valence-electron chi connectivity index (χ2n) is 7.26. The number of para-hydroxylation sites is 1. The first-order valence-electron chi connectivity index (χ1n) is 9.65. The van der Waals surface area contributed by atoms with Gasteiger partial charge in [0.15, 0.2) is 6.10 Å². The minimum absolute atomic E-state index is 0.156. The number of Topliss-reactive ketones (excluding diaryl/α,β-unsaturated/α-hetero) is 1. The summed E-state index contributed by atoms with van der Waals surface area (Å²) < 4.78 is 5.41. The molecule has 7 nitrogen and oxygen atoms in total. The SMILES string of the molecule is Cc1[nH]c2ccccc2c1C(=O)[C@H](C)OC(=O)c1cccc(N2C(=O)CCC2=O)c1. The first-order valence-corrected chi connectivity index (χ1v) is 9.65. The van der Waals surface area contributed by atoms with Gasteiger partial charge in [-0.25, -0.2) is 4.79 Å². The number of hydrogen-bond donors (Lipinski definition) is 1. The smallest absolute Gasteiger partial charge is 0.338 e. The fourth-order valence-electron chi connectivity index (χ4n) is 3.72. The Balaban J connectivity index is 1.54. The summed E-state index contributed by atoms with van der Waals surface area (Å²) in [6.07, 6.45) is -0.694. The lowest BCUT2D eigenvalue weighted by Gasteiger charge is -2.16. The summed E-state index contributed by atoms with van der Waals surface area (Å²) in [4.78, 5) is 53.7. The Bertz CT molecular complexity index is 1180. The number of nitrogens with zero attached hydrogens (tertiary/aromatic N) is 1. The number of fused-ring (bicyclic) bond motifs is 1. The molecule has 7 heteroatoms. The van der Waals surface area contributed by atoms with Gasteiger partial charge < -0.3 is 9.72 Å². The Hall–Kier alpha value is -3.74. The molecule has 1 atom stereocenters. The van der Waals surface area contributed by atoms with Crippen LogP contribution >= 0.6 is 0 Å². The maximum absolute atomic E-state index is 13.0. The third kappa shape index (κ3) is 3.39. The average Bonchev–Trinajstić information content (AvgIpc) is 3.25. The summed E-state index contributed by atoms with van der Waals surface area (Å²) >= 11 is 0. The summed E-state index contributed by atoms with van der Waals surface area (Å²) in [5, 5.41) is 0.774. The molecule has 0 spiro atoms. The van der Waals surface area contributed by atoms with Gasteiger partial charge in [0.05, 0.1) is 11.3 Å². The van der Waals surface area contributed by atoms with Gasteiger partial charge in [0.1, 0.15) is 0 Å². The molecule has 1 N–H and O–H groups in total. The minimum atomic E-state index is -1.01. The highest BCUT2D eigenvalue weighted by Gasteiger charge is 2.31. The summed E-state index contributed by atoms with van der Waals surface area (Å²) in [5.74, 6) is -1.61. The number of H-pyrrole nitrogens is 1. The number of ketones is 1. The van der Waals surface area contributed by atoms with Gasteiger partial charge in [0.2, 0.25) is 17.6 Å². The van der Waals surface area contributed by atoms with Gasteiger partial charge in [0.25, 0.3) is 0 Å². The molecule has 1 saturated heterocycles. The number of carbonyl (C=O) groups excluding carboxylic acids is 4. The van der Waals surface area contributed by atoms with Crippen LogP contribution in [-0.4, -0.2) is 34.7 Å². The van der Waals surface area contributed by atoms with E-state index in [1.165, 1.54) is 19.1 Å². The van der Waals surface area contributed by atoms with Crippen molar-refractivity contribution >= 4 is 40.2 Å². The Morgan fingerprint density at radius 3 is 2.47 bits per heavy atom. The predicted molar refractivity (Wildman–Crippen MR) is 110 cm³/mol. The lowest BCUT2D eigenvalue weighted by Crippen LogP contribution is -2.29. The van der Waals surface area contributed by atoms with E-state index in [1.54, 1.807) is 19.1 Å². The van der Waals surface area contributed by atoms with Gasteiger partial charge in [-0.15, -0.1) is 0 Å². The number of aromatic amines is 1. The van der Waals surface area contributed by atoms with Crippen molar-refractivity contribution in [3.8, 4) is 0 Å². The number of hydrogen-bond acceptors (Lipinski definition) is 5. The lowest BCUT2D eigenvalue weighted by molar-refractivity contribution is -0.121. The molecule has 4 rings (SSSR count). The van der Waals surface area contributed by atoms with E-state index in [0.29, 0.717) is 16.9 Å². The van der Waals surface area contributed by atoms with Crippen molar-refractivity contribution in [2.24, 2.45) is 0 Å². The molecule has 0 radical (unpaired) electrons. The Labute approximate surface area is 172 Å². The number of aryl methyl sites for hydroxylation is 1. The van der Waals surface area contributed by atoms with Crippen LogP contribution in [0.25, 0.3) is 10.9 Å². The molecule has 152 valence electrons. The van der Waals surface area contributed by atoms with Gasteiger partial charge in [-0.1, -0.05) is 24.3 Å². The van der Waals surface area contributed by atoms with Crippen molar-refractivity contribution in [1.29, 1.82) is 0 Å². The highest BCUT2D eigenvalue weighted by molar-refractivity contribution is 6.20. The number of carbonyl (C=O) groups is 4. The maximum Gasteiger partial charge on any atom is 0.338 e. The van der Waals surface area contributed by atoms with E-state index in [9.17, 15) is 19.2 Å². The van der Waals surface area contributed by atoms with Crippen LogP contribution in [0.5, 0.6) is 0 Å². The zero-order valence-corrected chi connectivity index (χ0v) is 16.6. The maximum atomic E-state index is 13.0. The Kier molecular flexibility index (Phi) is 4.95. The second-order valence-corrected chi connectivity index (χ2v) is 7.26. The van der Waals surface area contributed by atoms with Gasteiger partial charge in [-0.3, -0.25) is 19.3 Å². The molecule has 1 aromatic heterocycles. The van der Waals surface area contributed by atoms with Crippen LogP contribution in [0.4, 0.5) is 5.69 Å². The monoisotopic (exact) mass is 404 g/mol. The number of esters is 1. The third-order valence-corrected chi connectivity index (χ3v) is 5.18. The summed E-state index contributed by atoms with van der Waals surface area (Å²) in [7, 11) is 0. The van der Waals surface area contributed by atoms with Crippen LogP contribution in [0.2, 0.25) is 0 Å². The largest absolute Gasteiger partial charge is 0.451 e. The predicted octanol–water partition coefficient (Wildman–Crippen LogP) is 3.56. The topological polar surface area (TPSA) is 96.5 Å². The van der Waals surface area contributed by atoms with Crippen molar-refractivity contribution < 1.29 is 23.9 Å². The van der Waals surface area contributed by atoms with E-state index in [-0.39, 0.29) is 36.0 Å². The number of amides is 2. The van der Waals surface area contributed by atoms with Crippen molar-refractivity contribution in [3.63, 3.8) is 0 Å². The van der Waals surface area contributed by atoms with E-state index < -0.39 is 12.1 Å². The molecule has 0 bridgehead atoms. The average molecular weight is 404 g/mol. The Morgan fingerprint density at radius 2 is 1.73 bits per heavy atom. The molecule has 2 heterocycles. The van der Waals surface area contributed by atoms with Crippen LogP contribution in [-0.2, 0) is 14.3 Å². The van der Waals surface area contributed by atoms with Crippen LogP contribution in [0, 0.1) is 6.92 Å². The highest BCUT2D eigenvalue weighted by atomic mass is 16.5. The first kappa shape index (κ1) is 19.6. The van der Waals surface area contributed by atoms with Crippen LogP contribution in [0.1, 0.15) is 46.2 Å². The van der Waals surface area contributed by atoms with Gasteiger partial charge in [-0.2, -0.15) is 0 Å². The van der Waals surface area contributed by atoms with Crippen LogP contribution in [0.15, 0.2) is 48.5 Å². The van der Waals surface area contributed by atoms with E-state index in [2.05, 4.69) is 4.98 Å². The molecule has 2 amide bonds. The third-order valence-electron chi connectivity index (χ3n) is 5.18. The van der Waals surface area contributed by atoms with Gasteiger partial charge in [-0.05, 0) is 38.1 Å². The molecule has 1 aliphatic heterocycles. The molecule has 3 aromatic rings. The fourth-order valence-corrected chi connectivity index (χ4v) is 3.72.